The number of piperidine rings is 1. The number of carbonyl (C=O) groups is 1. The Morgan fingerprint density at radius 2 is 2.03 bits per heavy atom. The largest absolute Gasteiger partial charge is 0.336 e. The molecule has 1 aromatic carbocycles. The lowest BCUT2D eigenvalue weighted by Gasteiger charge is -2.44. The molecule has 0 aromatic heterocycles. The van der Waals surface area contributed by atoms with Crippen LogP contribution in [0.25, 0.3) is 0 Å². The molecule has 1 aliphatic heterocycles. The van der Waals surface area contributed by atoms with Gasteiger partial charge in [0.1, 0.15) is 5.54 Å². The third-order valence-electron chi connectivity index (χ3n) is 6.98. The lowest BCUT2D eigenvalue weighted by molar-refractivity contribution is -0.124. The zero-order valence-corrected chi connectivity index (χ0v) is 18.5. The molecule has 1 saturated heterocycles. The zero-order chi connectivity index (χ0) is 21.4. The SMILES string of the molecule is CCCN1CCC(C#N)(NC(=O)C(N)CC2CCCCC2)CC1Cc1ccccc1. The Hall–Kier alpha value is -1.90. The van der Waals surface area contributed by atoms with Gasteiger partial charge in [-0.25, -0.2) is 0 Å². The molecule has 30 heavy (non-hydrogen) atoms. The first kappa shape index (κ1) is 22.8. The van der Waals surface area contributed by atoms with Crippen molar-refractivity contribution in [3.05, 3.63) is 35.9 Å². The summed E-state index contributed by atoms with van der Waals surface area (Å²) in [6.45, 7) is 4.04. The Labute approximate surface area is 182 Å². The van der Waals surface area contributed by atoms with Crippen molar-refractivity contribution in [1.82, 2.24) is 10.2 Å². The fourth-order valence-electron chi connectivity index (χ4n) is 5.28. The minimum Gasteiger partial charge on any atom is -0.336 e. The highest BCUT2D eigenvalue weighted by Crippen LogP contribution is 2.30. The van der Waals surface area contributed by atoms with Crippen LogP contribution in [0, 0.1) is 17.2 Å². The molecule has 1 aromatic rings. The van der Waals surface area contributed by atoms with E-state index in [1.807, 2.05) is 6.07 Å². The molecule has 164 valence electrons. The van der Waals surface area contributed by atoms with Gasteiger partial charge in [0.05, 0.1) is 12.1 Å². The van der Waals surface area contributed by atoms with E-state index in [-0.39, 0.29) is 11.9 Å². The highest BCUT2D eigenvalue weighted by atomic mass is 16.2. The molecular weight excluding hydrogens is 372 g/mol. The van der Waals surface area contributed by atoms with Crippen LogP contribution in [0.3, 0.4) is 0 Å². The molecule has 3 N–H and O–H groups in total. The molecule has 2 aliphatic rings. The van der Waals surface area contributed by atoms with Crippen LogP contribution in [0.1, 0.15) is 70.3 Å². The molecule has 2 fully saturated rings. The standard InChI is InChI=1S/C25H38N4O/c1-2-14-29-15-13-25(19-26,18-22(29)16-20-9-5-3-6-10-20)28-24(30)23(27)17-21-11-7-4-8-12-21/h3,5-6,9-10,21-23H,2,4,7-8,11-18,27H2,1H3,(H,28,30). The number of carbonyl (C=O) groups excluding carboxylic acids is 1. The van der Waals surface area contributed by atoms with Crippen LogP contribution in [-0.4, -0.2) is 41.5 Å². The van der Waals surface area contributed by atoms with Crippen molar-refractivity contribution in [1.29, 1.82) is 5.26 Å². The number of nitrogens with one attached hydrogen (secondary N) is 1. The Morgan fingerprint density at radius 3 is 2.70 bits per heavy atom. The van der Waals surface area contributed by atoms with Gasteiger partial charge in [-0.3, -0.25) is 9.69 Å². The zero-order valence-electron chi connectivity index (χ0n) is 18.5. The molecule has 0 spiro atoms. The van der Waals surface area contributed by atoms with Gasteiger partial charge in [-0.05, 0) is 50.1 Å². The molecule has 3 atom stereocenters. The van der Waals surface area contributed by atoms with Crippen LogP contribution in [-0.2, 0) is 11.2 Å². The van der Waals surface area contributed by atoms with Crippen molar-refractivity contribution < 1.29 is 4.79 Å². The maximum atomic E-state index is 12.9. The fourth-order valence-corrected chi connectivity index (χ4v) is 5.28. The lowest BCUT2D eigenvalue weighted by atomic mass is 9.81. The van der Waals surface area contributed by atoms with Crippen LogP contribution < -0.4 is 11.1 Å². The molecule has 1 amide bonds. The van der Waals surface area contributed by atoms with Gasteiger partial charge in [-0.2, -0.15) is 5.26 Å². The Kier molecular flexibility index (Phi) is 8.30. The minimum absolute atomic E-state index is 0.149. The summed E-state index contributed by atoms with van der Waals surface area (Å²) in [5.74, 6) is 0.402. The second kappa shape index (κ2) is 10.9. The summed E-state index contributed by atoms with van der Waals surface area (Å²) in [6, 6.07) is 12.6. The van der Waals surface area contributed by atoms with Gasteiger partial charge in [-0.15, -0.1) is 0 Å². The average molecular weight is 411 g/mol. The van der Waals surface area contributed by atoms with Crippen molar-refractivity contribution >= 4 is 5.91 Å². The Bertz CT molecular complexity index is 710. The number of hydrogen-bond donors (Lipinski definition) is 2. The van der Waals surface area contributed by atoms with Crippen molar-refractivity contribution in [2.45, 2.75) is 88.8 Å². The third-order valence-corrected chi connectivity index (χ3v) is 6.98. The molecule has 1 heterocycles. The van der Waals surface area contributed by atoms with Crippen LogP contribution in [0.4, 0.5) is 0 Å². The molecule has 5 nitrogen and oxygen atoms in total. The van der Waals surface area contributed by atoms with E-state index in [0.717, 1.165) is 32.4 Å². The van der Waals surface area contributed by atoms with E-state index in [9.17, 15) is 10.1 Å². The topological polar surface area (TPSA) is 82.2 Å². The van der Waals surface area contributed by atoms with E-state index < -0.39 is 11.6 Å². The van der Waals surface area contributed by atoms with Crippen molar-refractivity contribution in [2.24, 2.45) is 11.7 Å². The first-order valence-electron chi connectivity index (χ1n) is 11.8. The van der Waals surface area contributed by atoms with Gasteiger partial charge in [0.25, 0.3) is 0 Å². The van der Waals surface area contributed by atoms with Crippen molar-refractivity contribution in [3.8, 4) is 6.07 Å². The summed E-state index contributed by atoms with van der Waals surface area (Å²) in [5.41, 5.74) is 6.74. The van der Waals surface area contributed by atoms with Crippen molar-refractivity contribution in [2.75, 3.05) is 13.1 Å². The Morgan fingerprint density at radius 1 is 1.30 bits per heavy atom. The van der Waals surface area contributed by atoms with Gasteiger partial charge in [-0.1, -0.05) is 69.4 Å². The lowest BCUT2D eigenvalue weighted by Crippen LogP contribution is -2.60. The summed E-state index contributed by atoms with van der Waals surface area (Å²) in [5, 5.41) is 13.2. The summed E-state index contributed by atoms with van der Waals surface area (Å²) >= 11 is 0. The predicted molar refractivity (Wildman–Crippen MR) is 121 cm³/mol. The molecule has 1 aliphatic carbocycles. The Balaban J connectivity index is 1.65. The molecular formula is C25H38N4O. The van der Waals surface area contributed by atoms with Gasteiger partial charge in [0.2, 0.25) is 5.91 Å². The maximum Gasteiger partial charge on any atom is 0.238 e. The molecule has 3 rings (SSSR count). The minimum atomic E-state index is -0.815. The highest BCUT2D eigenvalue weighted by molar-refractivity contribution is 5.82. The summed E-state index contributed by atoms with van der Waals surface area (Å²) in [6.07, 6.45) is 10.2. The summed E-state index contributed by atoms with van der Waals surface area (Å²) in [7, 11) is 0. The molecule has 3 unspecified atom stereocenters. The number of hydrogen-bond acceptors (Lipinski definition) is 4. The number of nitriles is 1. The van der Waals surface area contributed by atoms with Gasteiger partial charge in [0.15, 0.2) is 0 Å². The fraction of sp³-hybridized carbons (Fsp3) is 0.680. The van der Waals surface area contributed by atoms with E-state index in [1.54, 1.807) is 0 Å². The number of amides is 1. The number of rotatable bonds is 8. The first-order chi connectivity index (χ1) is 14.5. The van der Waals surface area contributed by atoms with Crippen molar-refractivity contribution in [3.63, 3.8) is 0 Å². The quantitative estimate of drug-likeness (QED) is 0.683. The van der Waals surface area contributed by atoms with E-state index in [0.29, 0.717) is 18.8 Å². The smallest absolute Gasteiger partial charge is 0.238 e. The van der Waals surface area contributed by atoms with Gasteiger partial charge >= 0.3 is 0 Å². The molecule has 1 saturated carbocycles. The van der Waals surface area contributed by atoms with E-state index >= 15 is 0 Å². The highest BCUT2D eigenvalue weighted by Gasteiger charge is 2.41. The number of nitrogens with two attached hydrogens (primary N) is 1. The van der Waals surface area contributed by atoms with Gasteiger partial charge < -0.3 is 11.1 Å². The van der Waals surface area contributed by atoms with Crippen LogP contribution >= 0.6 is 0 Å². The maximum absolute atomic E-state index is 12.9. The number of likely N-dealkylation sites (tertiary alicyclic amines) is 1. The van der Waals surface area contributed by atoms with Crippen LogP contribution in [0.2, 0.25) is 0 Å². The second-order valence-electron chi connectivity index (χ2n) is 9.36. The van der Waals surface area contributed by atoms with Crippen LogP contribution in [0.5, 0.6) is 0 Å². The van der Waals surface area contributed by atoms with E-state index in [1.165, 1.54) is 37.7 Å². The summed E-state index contributed by atoms with van der Waals surface area (Å²) < 4.78 is 0. The number of nitrogens with zero attached hydrogens (tertiary/aromatic N) is 2. The van der Waals surface area contributed by atoms with Gasteiger partial charge in [0, 0.05) is 12.6 Å². The predicted octanol–water partition coefficient (Wildman–Crippen LogP) is 3.78. The average Bonchev–Trinajstić information content (AvgIpc) is 2.77. The van der Waals surface area contributed by atoms with E-state index in [4.69, 9.17) is 5.73 Å². The van der Waals surface area contributed by atoms with E-state index in [2.05, 4.69) is 47.5 Å². The second-order valence-corrected chi connectivity index (χ2v) is 9.36. The monoisotopic (exact) mass is 410 g/mol. The third kappa shape index (κ3) is 6.06. The first-order valence-corrected chi connectivity index (χ1v) is 11.8. The number of benzene rings is 1. The molecule has 0 radical (unpaired) electrons. The summed E-state index contributed by atoms with van der Waals surface area (Å²) in [4.78, 5) is 15.4. The van der Waals surface area contributed by atoms with Crippen LogP contribution in [0.15, 0.2) is 30.3 Å². The normalized spacial score (nSPS) is 26.6. The molecule has 0 bridgehead atoms. The molecule has 5 heteroatoms.